The van der Waals surface area contributed by atoms with Gasteiger partial charge in [-0.3, -0.25) is 0 Å². The van der Waals surface area contributed by atoms with Gasteiger partial charge >= 0.3 is 0 Å². The molecule has 3 aliphatic rings. The van der Waals surface area contributed by atoms with Crippen molar-refractivity contribution in [2.45, 2.75) is 51.5 Å². The summed E-state index contributed by atoms with van der Waals surface area (Å²) in [5.74, 6) is 2.07. The van der Waals surface area contributed by atoms with E-state index in [4.69, 9.17) is 10.1 Å². The van der Waals surface area contributed by atoms with E-state index in [1.807, 2.05) is 12.1 Å². The number of guanidine groups is 1. The molecule has 1 saturated carbocycles. The van der Waals surface area contributed by atoms with Crippen molar-refractivity contribution >= 4 is 17.4 Å². The Morgan fingerprint density at radius 2 is 2.17 bits per heavy atom. The molecule has 0 amide bonds. The van der Waals surface area contributed by atoms with Gasteiger partial charge in [-0.15, -0.1) is 10.2 Å². The van der Waals surface area contributed by atoms with Crippen LogP contribution >= 0.6 is 0 Å². The molecule has 0 aromatic heterocycles. The van der Waals surface area contributed by atoms with Crippen LogP contribution in [0.25, 0.3) is 0 Å². The molecule has 160 valence electrons. The second-order valence-electron chi connectivity index (χ2n) is 8.37. The molecule has 7 heteroatoms. The van der Waals surface area contributed by atoms with Crippen molar-refractivity contribution in [2.75, 3.05) is 26.7 Å². The number of rotatable bonds is 6. The summed E-state index contributed by atoms with van der Waals surface area (Å²) in [6, 6.07) is 6.50. The fourth-order valence-electron chi connectivity index (χ4n) is 4.22. The number of likely N-dealkylation sites (N-methyl/N-ethyl adjacent to an activating group) is 1. The number of piperidine rings is 1. The Morgan fingerprint density at radius 1 is 1.33 bits per heavy atom. The Morgan fingerprint density at radius 3 is 2.87 bits per heavy atom. The van der Waals surface area contributed by atoms with Crippen molar-refractivity contribution in [1.82, 2.24) is 15.5 Å². The predicted octanol–water partition coefficient (Wildman–Crippen LogP) is 3.23. The van der Waals surface area contributed by atoms with E-state index < -0.39 is 0 Å². The van der Waals surface area contributed by atoms with E-state index in [1.165, 1.54) is 24.8 Å². The third kappa shape index (κ3) is 4.73. The summed E-state index contributed by atoms with van der Waals surface area (Å²) in [7, 11) is 1.70. The lowest BCUT2D eigenvalue weighted by Crippen LogP contribution is -2.52. The first-order chi connectivity index (χ1) is 14.6. The van der Waals surface area contributed by atoms with Gasteiger partial charge in [0.2, 0.25) is 5.96 Å². The maximum Gasteiger partial charge on any atom is 0.221 e. The fourth-order valence-corrected chi connectivity index (χ4v) is 4.22. The molecule has 2 fully saturated rings. The Kier molecular flexibility index (Phi) is 6.18. The van der Waals surface area contributed by atoms with E-state index in [2.05, 4.69) is 44.8 Å². The van der Waals surface area contributed by atoms with Gasteiger partial charge in [-0.25, -0.2) is 0 Å². The zero-order chi connectivity index (χ0) is 21.1. The first kappa shape index (κ1) is 20.6. The highest BCUT2D eigenvalue weighted by Crippen LogP contribution is 2.43. The Hall–Kier alpha value is -2.67. The highest BCUT2D eigenvalue weighted by Gasteiger charge is 2.30. The molecule has 1 atom stereocenters. The monoisotopic (exact) mass is 408 g/mol. The number of benzene rings is 1. The van der Waals surface area contributed by atoms with Crippen LogP contribution in [0.4, 0.5) is 0 Å². The van der Waals surface area contributed by atoms with Gasteiger partial charge in [0, 0.05) is 23.9 Å². The molecule has 3 N–H and O–H groups in total. The molecule has 1 aromatic rings. The summed E-state index contributed by atoms with van der Waals surface area (Å²) in [5.41, 5.74) is 4.39. The maximum atomic E-state index is 8.01. The predicted molar refractivity (Wildman–Crippen MR) is 122 cm³/mol. The van der Waals surface area contributed by atoms with Crippen molar-refractivity contribution in [3.05, 3.63) is 41.1 Å². The number of likely N-dealkylation sites (tertiary alicyclic amines) is 1. The van der Waals surface area contributed by atoms with Crippen molar-refractivity contribution in [3.63, 3.8) is 0 Å². The molecule has 1 unspecified atom stereocenters. The minimum Gasteiger partial charge on any atom is -0.497 e. The number of hydrogen-bond acceptors (Lipinski definition) is 7. The second-order valence-corrected chi connectivity index (χ2v) is 8.37. The van der Waals surface area contributed by atoms with Crippen LogP contribution in [0.3, 0.4) is 0 Å². The Labute approximate surface area is 178 Å². The van der Waals surface area contributed by atoms with Crippen LogP contribution in [0, 0.1) is 5.41 Å². The molecule has 1 saturated heterocycles. The number of ether oxygens (including phenoxy) is 1. The minimum atomic E-state index is 0.354. The maximum absolute atomic E-state index is 8.01. The van der Waals surface area contributed by atoms with Crippen molar-refractivity contribution < 1.29 is 4.74 Å². The van der Waals surface area contributed by atoms with E-state index >= 15 is 0 Å². The van der Waals surface area contributed by atoms with Crippen LogP contribution in [0.15, 0.2) is 40.2 Å². The van der Waals surface area contributed by atoms with Crippen molar-refractivity contribution in [1.29, 1.82) is 5.41 Å². The van der Waals surface area contributed by atoms with Gasteiger partial charge in [0.05, 0.1) is 12.8 Å². The highest BCUT2D eigenvalue weighted by molar-refractivity contribution is 6.18. The molecule has 0 radical (unpaired) electrons. The van der Waals surface area contributed by atoms with Crippen molar-refractivity contribution in [3.8, 4) is 5.75 Å². The Bertz CT molecular complexity index is 899. The molecular formula is C23H32N6O. The molecule has 30 heavy (non-hydrogen) atoms. The third-order valence-corrected chi connectivity index (χ3v) is 5.94. The summed E-state index contributed by atoms with van der Waals surface area (Å²) in [5, 5.41) is 24.0. The summed E-state index contributed by atoms with van der Waals surface area (Å²) in [6.07, 6.45) is 6.52. The second kappa shape index (κ2) is 9.00. The zero-order valence-corrected chi connectivity index (χ0v) is 18.2. The van der Waals surface area contributed by atoms with Crippen LogP contribution < -0.4 is 15.4 Å². The molecule has 2 aliphatic heterocycles. The summed E-state index contributed by atoms with van der Waals surface area (Å²) < 4.78 is 5.44. The minimum absolute atomic E-state index is 0.354. The van der Waals surface area contributed by atoms with Crippen LogP contribution in [-0.4, -0.2) is 55.1 Å². The SMILES string of the molecule is CCN1CCCC(NC2=NN=C(c3ccc(OC)cc3C3CC3)/C(=C/C(C)=N)N2)C1. The van der Waals surface area contributed by atoms with Gasteiger partial charge in [0.25, 0.3) is 0 Å². The van der Waals surface area contributed by atoms with Crippen LogP contribution in [0.2, 0.25) is 0 Å². The van der Waals surface area contributed by atoms with Gasteiger partial charge in [-0.05, 0) is 81.5 Å². The quantitative estimate of drug-likeness (QED) is 0.631. The van der Waals surface area contributed by atoms with Gasteiger partial charge in [0.15, 0.2) is 0 Å². The average Bonchev–Trinajstić information content (AvgIpc) is 3.59. The molecule has 1 aromatic carbocycles. The fraction of sp³-hybridized carbons (Fsp3) is 0.522. The average molecular weight is 409 g/mol. The molecular weight excluding hydrogens is 376 g/mol. The lowest BCUT2D eigenvalue weighted by Gasteiger charge is -2.33. The highest BCUT2D eigenvalue weighted by atomic mass is 16.5. The van der Waals surface area contributed by atoms with Crippen LogP contribution in [0.5, 0.6) is 5.75 Å². The molecule has 1 aliphatic carbocycles. The van der Waals surface area contributed by atoms with Crippen LogP contribution in [0.1, 0.15) is 56.6 Å². The van der Waals surface area contributed by atoms with E-state index in [0.29, 0.717) is 23.6 Å². The summed E-state index contributed by atoms with van der Waals surface area (Å²) in [4.78, 5) is 2.46. The normalized spacial score (nSPS) is 23.4. The zero-order valence-electron chi connectivity index (χ0n) is 18.2. The molecule has 4 rings (SSSR count). The lowest BCUT2D eigenvalue weighted by atomic mass is 9.96. The number of methoxy groups -OCH3 is 1. The number of nitrogens with one attached hydrogen (secondary N) is 3. The van der Waals surface area contributed by atoms with E-state index in [1.54, 1.807) is 14.0 Å². The molecule has 7 nitrogen and oxygen atoms in total. The third-order valence-electron chi connectivity index (χ3n) is 5.94. The number of nitrogens with zero attached hydrogens (tertiary/aromatic N) is 3. The summed E-state index contributed by atoms with van der Waals surface area (Å²) >= 11 is 0. The van der Waals surface area contributed by atoms with Gasteiger partial charge in [-0.1, -0.05) is 6.92 Å². The van der Waals surface area contributed by atoms with Crippen molar-refractivity contribution in [2.24, 2.45) is 10.2 Å². The number of hydrogen-bond donors (Lipinski definition) is 3. The first-order valence-electron chi connectivity index (χ1n) is 10.9. The van der Waals surface area contributed by atoms with Gasteiger partial charge in [0.1, 0.15) is 11.5 Å². The van der Waals surface area contributed by atoms with Crippen LogP contribution in [-0.2, 0) is 0 Å². The van der Waals surface area contributed by atoms with E-state index in [-0.39, 0.29) is 0 Å². The first-order valence-corrected chi connectivity index (χ1v) is 10.9. The number of allylic oxidation sites excluding steroid dienone is 2. The van der Waals surface area contributed by atoms with E-state index in [9.17, 15) is 0 Å². The lowest BCUT2D eigenvalue weighted by molar-refractivity contribution is 0.209. The standard InChI is InChI=1S/C23H32N6O/c1-4-29-11-5-6-17(14-29)25-23-26-21(12-15(2)24)22(27-28-23)19-10-9-18(30-3)13-20(19)16-7-8-16/h9-10,12-13,16-17,24H,4-8,11,14H2,1-3H3,(H2,25,26,28)/b21-12-,24-15?. The van der Waals surface area contributed by atoms with Gasteiger partial charge in [-0.2, -0.15) is 0 Å². The van der Waals surface area contributed by atoms with Gasteiger partial charge < -0.3 is 25.7 Å². The molecule has 0 bridgehead atoms. The Balaban J connectivity index is 1.62. The van der Waals surface area contributed by atoms with E-state index in [0.717, 1.165) is 48.8 Å². The summed E-state index contributed by atoms with van der Waals surface area (Å²) in [6.45, 7) is 7.23. The molecule has 2 heterocycles. The largest absolute Gasteiger partial charge is 0.497 e. The molecule has 0 spiro atoms. The topological polar surface area (TPSA) is 85.1 Å². The smallest absolute Gasteiger partial charge is 0.221 e.